The average Bonchev–Trinajstić information content (AvgIpc) is 2.86. The number of carbonyl (C=O) groups is 4. The lowest BCUT2D eigenvalue weighted by Gasteiger charge is -2.26. The Hall–Kier alpha value is -4.19. The topological polar surface area (TPSA) is 122 Å². The summed E-state index contributed by atoms with van der Waals surface area (Å²) in [6, 6.07) is 17.1. The summed E-state index contributed by atoms with van der Waals surface area (Å²) < 4.78 is 12.0. The van der Waals surface area contributed by atoms with E-state index in [9.17, 15) is 19.2 Å². The van der Waals surface area contributed by atoms with Gasteiger partial charge >= 0.3 is 12.0 Å². The molecule has 3 aromatic rings. The average molecular weight is 598 g/mol. The lowest BCUT2D eigenvalue weighted by Crippen LogP contribution is -2.54. The van der Waals surface area contributed by atoms with Crippen molar-refractivity contribution in [3.05, 3.63) is 92.6 Å². The van der Waals surface area contributed by atoms with Gasteiger partial charge in [0.2, 0.25) is 0 Å². The Morgan fingerprint density at radius 2 is 1.75 bits per heavy atom. The number of para-hydroxylation sites is 1. The van der Waals surface area contributed by atoms with Gasteiger partial charge in [-0.15, -0.1) is 0 Å². The Bertz CT molecular complexity index is 1390. The van der Waals surface area contributed by atoms with Crippen LogP contribution in [0.15, 0.2) is 72.3 Å². The first-order chi connectivity index (χ1) is 17.3. The molecule has 0 unspecified atom stereocenters. The number of carbonyl (C=O) groups excluding carboxylic acids is 3. The molecule has 10 heteroatoms. The third-order valence-corrected chi connectivity index (χ3v) is 6.06. The van der Waals surface area contributed by atoms with Gasteiger partial charge < -0.3 is 14.6 Å². The van der Waals surface area contributed by atoms with Gasteiger partial charge in [0.05, 0.1) is 21.9 Å². The lowest BCUT2D eigenvalue weighted by molar-refractivity contribution is -0.122. The van der Waals surface area contributed by atoms with Gasteiger partial charge in [-0.1, -0.05) is 30.3 Å². The molecule has 1 heterocycles. The highest BCUT2D eigenvalue weighted by atomic mass is 127. The highest BCUT2D eigenvalue weighted by molar-refractivity contribution is 14.1. The molecule has 36 heavy (non-hydrogen) atoms. The van der Waals surface area contributed by atoms with E-state index in [4.69, 9.17) is 14.6 Å². The molecule has 0 radical (unpaired) electrons. The number of barbiturate groups is 1. The summed E-state index contributed by atoms with van der Waals surface area (Å²) in [5.41, 5.74) is 1.57. The molecule has 2 N–H and O–H groups in total. The second-order valence-corrected chi connectivity index (χ2v) is 8.78. The van der Waals surface area contributed by atoms with Gasteiger partial charge in [0.15, 0.2) is 11.5 Å². The number of hydrogen-bond donors (Lipinski definition) is 2. The minimum absolute atomic E-state index is 0.168. The molecule has 1 fully saturated rings. The van der Waals surface area contributed by atoms with E-state index in [0.29, 0.717) is 26.3 Å². The van der Waals surface area contributed by atoms with Crippen LogP contribution in [-0.2, 0) is 16.2 Å². The number of methoxy groups -OCH3 is 1. The second kappa shape index (κ2) is 10.6. The first kappa shape index (κ1) is 24.9. The number of ether oxygens (including phenoxy) is 2. The van der Waals surface area contributed by atoms with Crippen LogP contribution in [-0.4, -0.2) is 36.0 Å². The molecule has 0 saturated carbocycles. The van der Waals surface area contributed by atoms with Gasteiger partial charge in [0, 0.05) is 0 Å². The number of halogens is 1. The number of aromatic carboxylic acids is 1. The van der Waals surface area contributed by atoms with Crippen LogP contribution in [0.25, 0.3) is 6.08 Å². The standard InChI is InChI=1S/C26H19IN2O7/c1-35-21-13-16(12-20(27)22(21)36-14-15-7-9-17(10-8-15)25(32)33)11-19-23(30)28-26(34)29(24(19)31)18-5-3-2-4-6-18/h2-13H,14H2,1H3,(H,32,33)(H,28,30,34)/b19-11+. The van der Waals surface area contributed by atoms with E-state index in [1.54, 1.807) is 54.6 Å². The fourth-order valence-corrected chi connectivity index (χ4v) is 4.28. The van der Waals surface area contributed by atoms with Crippen LogP contribution in [0.4, 0.5) is 10.5 Å². The van der Waals surface area contributed by atoms with Crippen molar-refractivity contribution in [1.82, 2.24) is 5.32 Å². The smallest absolute Gasteiger partial charge is 0.335 e. The highest BCUT2D eigenvalue weighted by Crippen LogP contribution is 2.35. The molecule has 0 bridgehead atoms. The fraction of sp³-hybridized carbons (Fsp3) is 0.0769. The van der Waals surface area contributed by atoms with E-state index in [1.807, 2.05) is 0 Å². The normalized spacial score (nSPS) is 14.6. The summed E-state index contributed by atoms with van der Waals surface area (Å²) >= 11 is 2.05. The summed E-state index contributed by atoms with van der Waals surface area (Å²) in [4.78, 5) is 49.8. The first-order valence-electron chi connectivity index (χ1n) is 10.6. The van der Waals surface area contributed by atoms with E-state index < -0.39 is 23.8 Å². The van der Waals surface area contributed by atoms with Crippen LogP contribution < -0.4 is 19.7 Å². The van der Waals surface area contributed by atoms with Crippen molar-refractivity contribution in [2.45, 2.75) is 6.61 Å². The van der Waals surface area contributed by atoms with E-state index in [0.717, 1.165) is 10.5 Å². The minimum atomic E-state index is -1.01. The van der Waals surface area contributed by atoms with Crippen molar-refractivity contribution in [2.75, 3.05) is 12.0 Å². The van der Waals surface area contributed by atoms with Crippen molar-refractivity contribution < 1.29 is 33.8 Å². The number of urea groups is 1. The largest absolute Gasteiger partial charge is 0.493 e. The number of rotatable bonds is 7. The molecule has 3 aromatic carbocycles. The third kappa shape index (κ3) is 5.23. The van der Waals surface area contributed by atoms with Crippen LogP contribution in [0.2, 0.25) is 0 Å². The molecule has 1 aliphatic heterocycles. The Balaban J connectivity index is 1.60. The van der Waals surface area contributed by atoms with Crippen molar-refractivity contribution in [3.63, 3.8) is 0 Å². The van der Waals surface area contributed by atoms with Gasteiger partial charge in [-0.3, -0.25) is 14.9 Å². The molecule has 0 aromatic heterocycles. The minimum Gasteiger partial charge on any atom is -0.493 e. The van der Waals surface area contributed by atoms with Gasteiger partial charge in [-0.2, -0.15) is 0 Å². The van der Waals surface area contributed by atoms with E-state index in [-0.39, 0.29) is 17.7 Å². The van der Waals surface area contributed by atoms with Crippen molar-refractivity contribution in [3.8, 4) is 11.5 Å². The number of benzene rings is 3. The van der Waals surface area contributed by atoms with Crippen LogP contribution in [0, 0.1) is 3.57 Å². The predicted octanol–water partition coefficient (Wildman–Crippen LogP) is 4.24. The number of carboxylic acid groups (broad SMARTS) is 1. The summed E-state index contributed by atoms with van der Waals surface area (Å²) in [6.45, 7) is 0.168. The SMILES string of the molecule is COc1cc(/C=C2\C(=O)NC(=O)N(c3ccccc3)C2=O)cc(I)c1OCc1ccc(C(=O)O)cc1. The van der Waals surface area contributed by atoms with Crippen LogP contribution in [0.1, 0.15) is 21.5 Å². The number of nitrogens with one attached hydrogen (secondary N) is 1. The Labute approximate surface area is 219 Å². The molecule has 0 atom stereocenters. The summed E-state index contributed by atoms with van der Waals surface area (Å²) in [5.74, 6) is -1.73. The molecule has 1 aliphatic rings. The number of amides is 4. The van der Waals surface area contributed by atoms with Crippen molar-refractivity contribution in [2.24, 2.45) is 0 Å². The van der Waals surface area contributed by atoms with Crippen molar-refractivity contribution in [1.29, 1.82) is 0 Å². The maximum absolute atomic E-state index is 13.1. The van der Waals surface area contributed by atoms with E-state index in [2.05, 4.69) is 27.9 Å². The molecule has 0 spiro atoms. The lowest BCUT2D eigenvalue weighted by atomic mass is 10.1. The van der Waals surface area contributed by atoms with Gasteiger partial charge in [0.25, 0.3) is 11.8 Å². The molecular weight excluding hydrogens is 579 g/mol. The predicted molar refractivity (Wildman–Crippen MR) is 139 cm³/mol. The zero-order valence-corrected chi connectivity index (χ0v) is 21.0. The Kier molecular flexibility index (Phi) is 7.34. The third-order valence-electron chi connectivity index (χ3n) is 5.26. The molecule has 182 valence electrons. The zero-order chi connectivity index (χ0) is 25.8. The number of hydrogen-bond acceptors (Lipinski definition) is 6. The Morgan fingerprint density at radius 3 is 2.39 bits per heavy atom. The maximum atomic E-state index is 13.1. The fourth-order valence-electron chi connectivity index (χ4n) is 3.50. The molecule has 1 saturated heterocycles. The van der Waals surface area contributed by atoms with Crippen molar-refractivity contribution >= 4 is 58.2 Å². The molecule has 0 aliphatic carbocycles. The summed E-state index contributed by atoms with van der Waals surface area (Å²) in [6.07, 6.45) is 1.39. The molecule has 9 nitrogen and oxygen atoms in total. The van der Waals surface area contributed by atoms with E-state index in [1.165, 1.54) is 25.3 Å². The quantitative estimate of drug-likeness (QED) is 0.237. The van der Waals surface area contributed by atoms with Gasteiger partial charge in [-0.25, -0.2) is 14.5 Å². The number of nitrogens with zero attached hydrogens (tertiary/aromatic N) is 1. The van der Waals surface area contributed by atoms with Crippen LogP contribution in [0.5, 0.6) is 11.5 Å². The maximum Gasteiger partial charge on any atom is 0.335 e. The summed E-state index contributed by atoms with van der Waals surface area (Å²) in [5, 5.41) is 11.2. The Morgan fingerprint density at radius 1 is 1.06 bits per heavy atom. The summed E-state index contributed by atoms with van der Waals surface area (Å²) in [7, 11) is 1.46. The van der Waals surface area contributed by atoms with Gasteiger partial charge in [-0.05, 0) is 76.2 Å². The molecule has 4 amide bonds. The number of anilines is 1. The van der Waals surface area contributed by atoms with E-state index >= 15 is 0 Å². The zero-order valence-electron chi connectivity index (χ0n) is 18.9. The second-order valence-electron chi connectivity index (χ2n) is 7.62. The van der Waals surface area contributed by atoms with Crippen LogP contribution >= 0.6 is 22.6 Å². The monoisotopic (exact) mass is 598 g/mol. The molecular formula is C26H19IN2O7. The van der Waals surface area contributed by atoms with Gasteiger partial charge in [0.1, 0.15) is 12.2 Å². The number of carboxylic acids is 1. The highest BCUT2D eigenvalue weighted by Gasteiger charge is 2.36. The number of imide groups is 2. The molecule has 4 rings (SSSR count). The first-order valence-corrected chi connectivity index (χ1v) is 11.7. The van der Waals surface area contributed by atoms with Crippen LogP contribution in [0.3, 0.4) is 0 Å².